The summed E-state index contributed by atoms with van der Waals surface area (Å²) in [5, 5.41) is 9.25. The second-order valence-corrected chi connectivity index (χ2v) is 7.72. The van der Waals surface area contributed by atoms with E-state index in [1.807, 2.05) is 29.6 Å². The van der Waals surface area contributed by atoms with Gasteiger partial charge in [0.1, 0.15) is 0 Å². The molecule has 0 bridgehead atoms. The molecule has 0 fully saturated rings. The Morgan fingerprint density at radius 2 is 1.88 bits per heavy atom. The Balaban J connectivity index is 1.53. The van der Waals surface area contributed by atoms with E-state index in [-0.39, 0.29) is 12.3 Å². The number of hydrogen-bond donors (Lipinski definition) is 1. The minimum absolute atomic E-state index is 0.137. The van der Waals surface area contributed by atoms with Crippen LogP contribution in [0.2, 0.25) is 0 Å². The van der Waals surface area contributed by atoms with E-state index in [1.54, 1.807) is 4.52 Å². The lowest BCUT2D eigenvalue weighted by molar-refractivity contribution is -0.115. The Kier molecular flexibility index (Phi) is 4.57. The molecule has 0 saturated heterocycles. The molecule has 2 aromatic carbocycles. The van der Waals surface area contributed by atoms with Crippen LogP contribution in [-0.2, 0) is 11.2 Å². The van der Waals surface area contributed by atoms with Crippen LogP contribution in [0.1, 0.15) is 11.1 Å². The highest BCUT2D eigenvalue weighted by Gasteiger charge is 2.13. The van der Waals surface area contributed by atoms with E-state index in [9.17, 15) is 4.79 Å². The number of carbonyl (C=O) groups is 1. The lowest BCUT2D eigenvalue weighted by Gasteiger charge is -2.02. The van der Waals surface area contributed by atoms with Crippen LogP contribution in [0, 0.1) is 6.92 Å². The standard InChI is InChI=1S/C19H15BrN4OS/c1-12-2-6-14(7-3-12)16-11-26-19-22-18(23-24(16)19)21-17(25)10-13-4-8-15(20)9-5-13/h2-9,11H,10H2,1H3,(H,21,23,25). The van der Waals surface area contributed by atoms with Crippen LogP contribution >= 0.6 is 27.3 Å². The number of hydrogen-bond acceptors (Lipinski definition) is 4. The van der Waals surface area contributed by atoms with Crippen molar-refractivity contribution in [3.8, 4) is 11.3 Å². The molecule has 5 nitrogen and oxygen atoms in total. The number of benzene rings is 2. The first-order chi connectivity index (χ1) is 12.6. The van der Waals surface area contributed by atoms with E-state index in [0.29, 0.717) is 5.95 Å². The van der Waals surface area contributed by atoms with E-state index in [2.05, 4.69) is 62.5 Å². The summed E-state index contributed by atoms with van der Waals surface area (Å²) in [6.07, 6.45) is 0.283. The fourth-order valence-corrected chi connectivity index (χ4v) is 3.71. The molecule has 26 heavy (non-hydrogen) atoms. The van der Waals surface area contributed by atoms with Crippen LogP contribution in [0.5, 0.6) is 0 Å². The first kappa shape index (κ1) is 16.9. The number of aryl methyl sites for hydroxylation is 1. The minimum atomic E-state index is -0.137. The van der Waals surface area contributed by atoms with Gasteiger partial charge < -0.3 is 0 Å². The highest BCUT2D eigenvalue weighted by molar-refractivity contribution is 9.10. The maximum absolute atomic E-state index is 12.2. The molecule has 7 heteroatoms. The fourth-order valence-electron chi connectivity index (χ4n) is 2.61. The van der Waals surface area contributed by atoms with Gasteiger partial charge in [-0.1, -0.05) is 57.9 Å². The molecule has 4 aromatic rings. The van der Waals surface area contributed by atoms with Crippen molar-refractivity contribution in [2.24, 2.45) is 0 Å². The van der Waals surface area contributed by atoms with Crippen LogP contribution in [0.3, 0.4) is 0 Å². The highest BCUT2D eigenvalue weighted by atomic mass is 79.9. The summed E-state index contributed by atoms with van der Waals surface area (Å²) in [6.45, 7) is 2.06. The largest absolute Gasteiger partial charge is 0.293 e. The number of carbonyl (C=O) groups excluding carboxylic acids is 1. The molecule has 0 radical (unpaired) electrons. The van der Waals surface area contributed by atoms with Crippen LogP contribution < -0.4 is 5.32 Å². The van der Waals surface area contributed by atoms with Crippen LogP contribution in [-0.4, -0.2) is 20.5 Å². The Labute approximate surface area is 162 Å². The third-order valence-electron chi connectivity index (χ3n) is 3.96. The molecule has 0 saturated carbocycles. The molecule has 0 aliphatic heterocycles. The van der Waals surface area contributed by atoms with Crippen molar-refractivity contribution in [2.45, 2.75) is 13.3 Å². The van der Waals surface area contributed by atoms with Gasteiger partial charge in [-0.25, -0.2) is 4.52 Å². The summed E-state index contributed by atoms with van der Waals surface area (Å²) in [5.74, 6) is 0.190. The fraction of sp³-hybridized carbons (Fsp3) is 0.105. The van der Waals surface area contributed by atoms with Crippen LogP contribution in [0.15, 0.2) is 58.4 Å². The van der Waals surface area contributed by atoms with Crippen molar-refractivity contribution < 1.29 is 4.79 Å². The Morgan fingerprint density at radius 3 is 2.62 bits per heavy atom. The van der Waals surface area contributed by atoms with E-state index in [4.69, 9.17) is 0 Å². The quantitative estimate of drug-likeness (QED) is 0.513. The number of thiazole rings is 1. The van der Waals surface area contributed by atoms with Gasteiger partial charge in [0.05, 0.1) is 12.1 Å². The number of aromatic nitrogens is 3. The summed E-state index contributed by atoms with van der Waals surface area (Å²) in [4.78, 5) is 17.4. The van der Waals surface area contributed by atoms with Gasteiger partial charge in [0.25, 0.3) is 0 Å². The summed E-state index contributed by atoms with van der Waals surface area (Å²) < 4.78 is 2.76. The van der Waals surface area contributed by atoms with Gasteiger partial charge in [-0.15, -0.1) is 16.4 Å². The average Bonchev–Trinajstić information content (AvgIpc) is 3.18. The highest BCUT2D eigenvalue weighted by Crippen LogP contribution is 2.26. The summed E-state index contributed by atoms with van der Waals surface area (Å²) in [5.41, 5.74) is 4.18. The second kappa shape index (κ2) is 7.01. The number of fused-ring (bicyclic) bond motifs is 1. The van der Waals surface area contributed by atoms with Crippen molar-refractivity contribution in [3.63, 3.8) is 0 Å². The Morgan fingerprint density at radius 1 is 1.15 bits per heavy atom. The van der Waals surface area contributed by atoms with Crippen molar-refractivity contribution in [1.29, 1.82) is 0 Å². The molecule has 0 aliphatic carbocycles. The topological polar surface area (TPSA) is 59.3 Å². The smallest absolute Gasteiger partial charge is 0.250 e. The van der Waals surface area contributed by atoms with Gasteiger partial charge in [0.2, 0.25) is 16.8 Å². The lowest BCUT2D eigenvalue weighted by atomic mass is 10.1. The van der Waals surface area contributed by atoms with Gasteiger partial charge in [0, 0.05) is 15.4 Å². The number of rotatable bonds is 4. The molecule has 130 valence electrons. The maximum Gasteiger partial charge on any atom is 0.250 e. The number of nitrogens with zero attached hydrogens (tertiary/aromatic N) is 3. The van der Waals surface area contributed by atoms with E-state index < -0.39 is 0 Å². The first-order valence-corrected chi connectivity index (χ1v) is 9.71. The monoisotopic (exact) mass is 426 g/mol. The molecular weight excluding hydrogens is 412 g/mol. The van der Waals surface area contributed by atoms with E-state index in [1.165, 1.54) is 16.9 Å². The van der Waals surface area contributed by atoms with Gasteiger partial charge in [-0.3, -0.25) is 10.1 Å². The van der Waals surface area contributed by atoms with E-state index >= 15 is 0 Å². The van der Waals surface area contributed by atoms with Crippen LogP contribution in [0.4, 0.5) is 5.95 Å². The van der Waals surface area contributed by atoms with Crippen molar-refractivity contribution >= 4 is 44.1 Å². The zero-order valence-electron chi connectivity index (χ0n) is 13.9. The first-order valence-electron chi connectivity index (χ1n) is 8.04. The molecule has 1 N–H and O–H groups in total. The van der Waals surface area contributed by atoms with Gasteiger partial charge in [-0.2, -0.15) is 4.98 Å². The zero-order chi connectivity index (χ0) is 18.1. The number of anilines is 1. The molecule has 4 rings (SSSR count). The molecule has 0 unspecified atom stereocenters. The lowest BCUT2D eigenvalue weighted by Crippen LogP contribution is -2.15. The summed E-state index contributed by atoms with van der Waals surface area (Å²) in [7, 11) is 0. The van der Waals surface area contributed by atoms with Gasteiger partial charge >= 0.3 is 0 Å². The van der Waals surface area contributed by atoms with Crippen LogP contribution in [0.25, 0.3) is 16.2 Å². The van der Waals surface area contributed by atoms with Gasteiger partial charge in [-0.05, 0) is 24.6 Å². The zero-order valence-corrected chi connectivity index (χ0v) is 16.3. The minimum Gasteiger partial charge on any atom is -0.293 e. The molecular formula is C19H15BrN4OS. The number of nitrogens with one attached hydrogen (secondary N) is 1. The number of halogens is 1. The molecule has 1 amide bonds. The second-order valence-electron chi connectivity index (χ2n) is 5.97. The molecule has 0 spiro atoms. The summed E-state index contributed by atoms with van der Waals surface area (Å²) in [6, 6.07) is 15.9. The van der Waals surface area contributed by atoms with E-state index in [0.717, 1.165) is 26.3 Å². The molecule has 0 atom stereocenters. The number of amides is 1. The average molecular weight is 427 g/mol. The third kappa shape index (κ3) is 3.54. The normalized spacial score (nSPS) is 11.0. The Hall–Kier alpha value is -2.51. The van der Waals surface area contributed by atoms with Crippen molar-refractivity contribution in [3.05, 3.63) is 69.5 Å². The predicted octanol–water partition coefficient (Wildman–Crippen LogP) is 4.71. The predicted molar refractivity (Wildman–Crippen MR) is 108 cm³/mol. The third-order valence-corrected chi connectivity index (χ3v) is 5.30. The molecule has 2 aromatic heterocycles. The molecule has 0 aliphatic rings. The maximum atomic E-state index is 12.2. The van der Waals surface area contributed by atoms with Crippen molar-refractivity contribution in [1.82, 2.24) is 14.6 Å². The van der Waals surface area contributed by atoms with Crippen molar-refractivity contribution in [2.75, 3.05) is 5.32 Å². The summed E-state index contributed by atoms with van der Waals surface area (Å²) >= 11 is 4.89. The Bertz CT molecular complexity index is 1070. The molecule has 2 heterocycles. The van der Waals surface area contributed by atoms with Gasteiger partial charge in [0.15, 0.2) is 0 Å². The SMILES string of the molecule is Cc1ccc(-c2csc3nc(NC(=O)Cc4ccc(Br)cc4)nn23)cc1.